The van der Waals surface area contributed by atoms with Crippen molar-refractivity contribution in [1.29, 1.82) is 0 Å². The standard InChI is InChI=1S/C14H22NO.ClH/c1-12(16)6-5-9-15-10-7-13(8-11-15)14(2,3)4;/h7-8,10-11H,5-6,9H2,1-4H3;1H/q+1;/p-1. The van der Waals surface area contributed by atoms with E-state index in [0.29, 0.717) is 6.42 Å². The van der Waals surface area contributed by atoms with Crippen molar-refractivity contribution in [3.8, 4) is 0 Å². The normalized spacial score (nSPS) is 10.8. The molecule has 1 heterocycles. The highest BCUT2D eigenvalue weighted by atomic mass is 35.5. The molecule has 0 saturated heterocycles. The van der Waals surface area contributed by atoms with E-state index in [1.807, 2.05) is 0 Å². The molecule has 0 aliphatic carbocycles. The molecular formula is C14H22ClNO. The molecule has 0 bridgehead atoms. The first kappa shape index (κ1) is 16.1. The second-order valence-corrected chi connectivity index (χ2v) is 5.38. The van der Waals surface area contributed by atoms with Crippen LogP contribution in [0.4, 0.5) is 0 Å². The van der Waals surface area contributed by atoms with Crippen molar-refractivity contribution in [2.45, 2.75) is 52.5 Å². The van der Waals surface area contributed by atoms with Crippen LogP contribution in [-0.2, 0) is 16.8 Å². The van der Waals surface area contributed by atoms with Gasteiger partial charge in [0, 0.05) is 25.0 Å². The monoisotopic (exact) mass is 255 g/mol. The quantitative estimate of drug-likeness (QED) is 0.674. The molecule has 1 rings (SSSR count). The third kappa shape index (κ3) is 5.83. The Morgan fingerprint density at radius 1 is 1.24 bits per heavy atom. The first-order chi connectivity index (χ1) is 7.39. The van der Waals surface area contributed by atoms with Gasteiger partial charge in [-0.15, -0.1) is 0 Å². The largest absolute Gasteiger partial charge is 1.00 e. The molecule has 2 nitrogen and oxygen atoms in total. The summed E-state index contributed by atoms with van der Waals surface area (Å²) in [5.74, 6) is 0.270. The molecule has 0 saturated carbocycles. The van der Waals surface area contributed by atoms with Crippen LogP contribution in [0.2, 0.25) is 0 Å². The van der Waals surface area contributed by atoms with E-state index in [2.05, 4.69) is 49.9 Å². The van der Waals surface area contributed by atoms with Crippen LogP contribution in [0.3, 0.4) is 0 Å². The van der Waals surface area contributed by atoms with Gasteiger partial charge in [0.2, 0.25) is 0 Å². The topological polar surface area (TPSA) is 20.9 Å². The van der Waals surface area contributed by atoms with Gasteiger partial charge in [0.05, 0.1) is 0 Å². The van der Waals surface area contributed by atoms with Gasteiger partial charge in [-0.05, 0) is 17.9 Å². The Kier molecular flexibility index (Phi) is 6.40. The van der Waals surface area contributed by atoms with E-state index in [0.717, 1.165) is 13.0 Å². The molecule has 96 valence electrons. The van der Waals surface area contributed by atoms with Crippen molar-refractivity contribution in [2.24, 2.45) is 0 Å². The molecule has 17 heavy (non-hydrogen) atoms. The average molecular weight is 256 g/mol. The summed E-state index contributed by atoms with van der Waals surface area (Å²) in [5.41, 5.74) is 1.55. The molecule has 0 amide bonds. The SMILES string of the molecule is CC(=O)CCC[n+]1ccc(C(C)(C)C)cc1.[Cl-]. The number of hydrogen-bond donors (Lipinski definition) is 0. The van der Waals surface area contributed by atoms with Crippen molar-refractivity contribution >= 4 is 5.78 Å². The number of aryl methyl sites for hydroxylation is 1. The summed E-state index contributed by atoms with van der Waals surface area (Å²) in [4.78, 5) is 10.8. The van der Waals surface area contributed by atoms with E-state index in [9.17, 15) is 4.79 Å². The van der Waals surface area contributed by atoms with Crippen LogP contribution < -0.4 is 17.0 Å². The third-order valence-corrected chi connectivity index (χ3v) is 2.70. The van der Waals surface area contributed by atoms with E-state index >= 15 is 0 Å². The fourth-order valence-corrected chi connectivity index (χ4v) is 1.62. The summed E-state index contributed by atoms with van der Waals surface area (Å²) in [6.07, 6.45) is 5.80. The van der Waals surface area contributed by atoms with Crippen LogP contribution in [0.1, 0.15) is 46.1 Å². The third-order valence-electron chi connectivity index (χ3n) is 2.70. The van der Waals surface area contributed by atoms with Gasteiger partial charge in [-0.1, -0.05) is 20.8 Å². The molecule has 0 spiro atoms. The summed E-state index contributed by atoms with van der Waals surface area (Å²) in [7, 11) is 0. The van der Waals surface area contributed by atoms with Gasteiger partial charge in [0.15, 0.2) is 12.4 Å². The maximum atomic E-state index is 10.8. The van der Waals surface area contributed by atoms with Crippen molar-refractivity contribution in [3.63, 3.8) is 0 Å². The minimum atomic E-state index is 0. The molecule has 0 aromatic carbocycles. The predicted molar refractivity (Wildman–Crippen MR) is 65.3 cm³/mol. The maximum Gasteiger partial charge on any atom is 0.169 e. The number of pyridine rings is 1. The molecule has 0 unspecified atom stereocenters. The zero-order valence-electron chi connectivity index (χ0n) is 11.2. The Bertz CT molecular complexity index is 351. The summed E-state index contributed by atoms with van der Waals surface area (Å²) < 4.78 is 2.14. The molecule has 0 atom stereocenters. The highest BCUT2D eigenvalue weighted by Crippen LogP contribution is 2.20. The van der Waals surface area contributed by atoms with Gasteiger partial charge in [-0.3, -0.25) is 0 Å². The van der Waals surface area contributed by atoms with Gasteiger partial charge in [0.25, 0.3) is 0 Å². The lowest BCUT2D eigenvalue weighted by Crippen LogP contribution is -3.00. The first-order valence-electron chi connectivity index (χ1n) is 5.88. The van der Waals surface area contributed by atoms with Crippen molar-refractivity contribution in [3.05, 3.63) is 30.1 Å². The molecule has 0 N–H and O–H groups in total. The van der Waals surface area contributed by atoms with Crippen LogP contribution in [0.5, 0.6) is 0 Å². The fraction of sp³-hybridized carbons (Fsp3) is 0.571. The highest BCUT2D eigenvalue weighted by Gasteiger charge is 2.14. The van der Waals surface area contributed by atoms with Crippen LogP contribution >= 0.6 is 0 Å². The lowest BCUT2D eigenvalue weighted by Gasteiger charge is -2.17. The molecular weight excluding hydrogens is 234 g/mol. The first-order valence-corrected chi connectivity index (χ1v) is 5.88. The van der Waals surface area contributed by atoms with E-state index in [1.165, 1.54) is 5.56 Å². The van der Waals surface area contributed by atoms with Crippen LogP contribution in [-0.4, -0.2) is 5.78 Å². The Balaban J connectivity index is 0.00000256. The number of carbonyl (C=O) groups excluding carboxylic acids is 1. The zero-order chi connectivity index (χ0) is 12.2. The Morgan fingerprint density at radius 3 is 2.18 bits per heavy atom. The molecule has 0 aliphatic heterocycles. The second kappa shape index (κ2) is 6.75. The number of rotatable bonds is 4. The van der Waals surface area contributed by atoms with Gasteiger partial charge >= 0.3 is 0 Å². The van der Waals surface area contributed by atoms with Crippen molar-refractivity contribution in [2.75, 3.05) is 0 Å². The average Bonchev–Trinajstić information content (AvgIpc) is 2.16. The molecule has 3 heteroatoms. The highest BCUT2D eigenvalue weighted by molar-refractivity contribution is 5.75. The fourth-order valence-electron chi connectivity index (χ4n) is 1.62. The minimum absolute atomic E-state index is 0. The van der Waals surface area contributed by atoms with E-state index in [4.69, 9.17) is 0 Å². The smallest absolute Gasteiger partial charge is 0.169 e. The number of aromatic nitrogens is 1. The predicted octanol–water partition coefficient (Wildman–Crippen LogP) is -0.355. The van der Waals surface area contributed by atoms with E-state index in [-0.39, 0.29) is 23.6 Å². The van der Waals surface area contributed by atoms with Gasteiger partial charge in [-0.25, -0.2) is 4.57 Å². The maximum absolute atomic E-state index is 10.8. The van der Waals surface area contributed by atoms with Crippen molar-refractivity contribution in [1.82, 2.24) is 0 Å². The van der Waals surface area contributed by atoms with Gasteiger partial charge < -0.3 is 17.2 Å². The minimum Gasteiger partial charge on any atom is -1.00 e. The van der Waals surface area contributed by atoms with E-state index < -0.39 is 0 Å². The van der Waals surface area contributed by atoms with Gasteiger partial charge in [0.1, 0.15) is 12.3 Å². The van der Waals surface area contributed by atoms with Crippen LogP contribution in [0.15, 0.2) is 24.5 Å². The number of nitrogens with zero attached hydrogens (tertiary/aromatic N) is 1. The van der Waals surface area contributed by atoms with Gasteiger partial charge in [-0.2, -0.15) is 0 Å². The van der Waals surface area contributed by atoms with E-state index in [1.54, 1.807) is 6.92 Å². The molecule has 0 aliphatic rings. The van der Waals surface area contributed by atoms with Crippen molar-refractivity contribution < 1.29 is 21.8 Å². The molecule has 1 aromatic heterocycles. The number of ketones is 1. The summed E-state index contributed by atoms with van der Waals surface area (Å²) >= 11 is 0. The number of carbonyl (C=O) groups is 1. The van der Waals surface area contributed by atoms with Crippen LogP contribution in [0.25, 0.3) is 0 Å². The summed E-state index contributed by atoms with van der Waals surface area (Å²) in [6.45, 7) is 9.20. The Labute approximate surface area is 110 Å². The number of Topliss-reactive ketones (excluding diaryl/α,β-unsaturated/α-hetero) is 1. The lowest BCUT2D eigenvalue weighted by molar-refractivity contribution is -0.697. The van der Waals surface area contributed by atoms with Crippen LogP contribution in [0, 0.1) is 0 Å². The lowest BCUT2D eigenvalue weighted by atomic mass is 9.88. The zero-order valence-corrected chi connectivity index (χ0v) is 11.9. The second-order valence-electron chi connectivity index (χ2n) is 5.38. The Morgan fingerprint density at radius 2 is 1.76 bits per heavy atom. The Hall–Kier alpha value is -0.890. The number of hydrogen-bond acceptors (Lipinski definition) is 1. The molecule has 0 fully saturated rings. The number of halogens is 1. The molecule has 0 radical (unpaired) electrons. The summed E-state index contributed by atoms with van der Waals surface area (Å²) in [5, 5.41) is 0. The molecule has 1 aromatic rings. The summed E-state index contributed by atoms with van der Waals surface area (Å²) in [6, 6.07) is 4.32.